The first kappa shape index (κ1) is 17.9. The van der Waals surface area contributed by atoms with E-state index in [4.69, 9.17) is 4.74 Å². The van der Waals surface area contributed by atoms with Crippen LogP contribution < -0.4 is 0 Å². The standard InChI is InChI=1S/C18H21N5O3S/c1-27(24,25)15-4-2-13(3-5-15)16-9-20-18(22-16)17-11-26-7-6-23(17)10-14-8-19-12-21-14/h2-5,8-9,12,17H,6-7,10-11H2,1H3,(H,19,21)(H,20,22). The summed E-state index contributed by atoms with van der Waals surface area (Å²) in [7, 11) is -3.20. The molecule has 0 amide bonds. The summed E-state index contributed by atoms with van der Waals surface area (Å²) in [5.41, 5.74) is 2.78. The summed E-state index contributed by atoms with van der Waals surface area (Å²) in [6.07, 6.45) is 6.47. The van der Waals surface area contributed by atoms with Crippen molar-refractivity contribution in [3.8, 4) is 11.3 Å². The van der Waals surface area contributed by atoms with Gasteiger partial charge in [-0.3, -0.25) is 4.90 Å². The predicted molar refractivity (Wildman–Crippen MR) is 99.7 cm³/mol. The maximum absolute atomic E-state index is 11.6. The number of rotatable bonds is 5. The van der Waals surface area contributed by atoms with Gasteiger partial charge in [-0.05, 0) is 17.7 Å². The van der Waals surface area contributed by atoms with Crippen LogP contribution in [-0.4, -0.2) is 59.3 Å². The molecule has 1 aliphatic heterocycles. The van der Waals surface area contributed by atoms with E-state index in [1.807, 2.05) is 6.20 Å². The zero-order valence-corrected chi connectivity index (χ0v) is 15.7. The lowest BCUT2D eigenvalue weighted by molar-refractivity contribution is -0.0161. The SMILES string of the molecule is CS(=O)(=O)c1ccc(-c2cnc(C3COCCN3Cc3cnc[nH]3)[nH]2)cc1. The molecule has 1 aromatic carbocycles. The molecule has 142 valence electrons. The van der Waals surface area contributed by atoms with Gasteiger partial charge in [-0.1, -0.05) is 12.1 Å². The van der Waals surface area contributed by atoms with Gasteiger partial charge in [0.25, 0.3) is 0 Å². The Morgan fingerprint density at radius 1 is 1.26 bits per heavy atom. The number of aromatic amines is 2. The van der Waals surface area contributed by atoms with Crippen molar-refractivity contribution < 1.29 is 13.2 Å². The average Bonchev–Trinajstić information content (AvgIpc) is 3.34. The summed E-state index contributed by atoms with van der Waals surface area (Å²) in [5, 5.41) is 0. The molecule has 0 bridgehead atoms. The van der Waals surface area contributed by atoms with Gasteiger partial charge in [0.2, 0.25) is 0 Å². The highest BCUT2D eigenvalue weighted by Crippen LogP contribution is 2.26. The van der Waals surface area contributed by atoms with Crippen molar-refractivity contribution in [2.45, 2.75) is 17.5 Å². The van der Waals surface area contributed by atoms with Crippen LogP contribution >= 0.6 is 0 Å². The molecule has 8 nitrogen and oxygen atoms in total. The minimum Gasteiger partial charge on any atom is -0.378 e. The van der Waals surface area contributed by atoms with E-state index in [2.05, 4.69) is 24.8 Å². The molecule has 0 aliphatic carbocycles. The number of aromatic nitrogens is 4. The fourth-order valence-corrected chi connectivity index (χ4v) is 3.83. The van der Waals surface area contributed by atoms with E-state index in [0.29, 0.717) is 18.1 Å². The second-order valence-electron chi connectivity index (χ2n) is 6.62. The summed E-state index contributed by atoms with van der Waals surface area (Å²) in [5.74, 6) is 0.830. The minimum absolute atomic E-state index is 0.0195. The molecule has 2 N–H and O–H groups in total. The van der Waals surface area contributed by atoms with Gasteiger partial charge in [0, 0.05) is 31.2 Å². The fourth-order valence-electron chi connectivity index (χ4n) is 3.20. The molecule has 0 radical (unpaired) electrons. The van der Waals surface area contributed by atoms with Gasteiger partial charge in [0.15, 0.2) is 9.84 Å². The topological polar surface area (TPSA) is 104 Å². The van der Waals surface area contributed by atoms with Crippen LogP contribution in [0.5, 0.6) is 0 Å². The third-order valence-electron chi connectivity index (χ3n) is 4.67. The lowest BCUT2D eigenvalue weighted by atomic mass is 10.2. The van der Waals surface area contributed by atoms with E-state index in [9.17, 15) is 8.42 Å². The quantitative estimate of drug-likeness (QED) is 0.692. The number of benzene rings is 1. The third kappa shape index (κ3) is 3.95. The monoisotopic (exact) mass is 387 g/mol. The van der Waals surface area contributed by atoms with Crippen molar-refractivity contribution in [1.82, 2.24) is 24.8 Å². The van der Waals surface area contributed by atoms with Crippen LogP contribution in [-0.2, 0) is 21.1 Å². The van der Waals surface area contributed by atoms with E-state index >= 15 is 0 Å². The Bertz CT molecular complexity index is 996. The highest BCUT2D eigenvalue weighted by Gasteiger charge is 2.27. The van der Waals surface area contributed by atoms with Crippen molar-refractivity contribution in [3.05, 3.63) is 54.5 Å². The van der Waals surface area contributed by atoms with E-state index in [1.54, 1.807) is 36.8 Å². The van der Waals surface area contributed by atoms with Gasteiger partial charge >= 0.3 is 0 Å². The van der Waals surface area contributed by atoms with Gasteiger partial charge in [0.05, 0.1) is 42.4 Å². The molecule has 1 aliphatic rings. The zero-order chi connectivity index (χ0) is 18.9. The molecule has 0 spiro atoms. The molecule has 2 aromatic heterocycles. The third-order valence-corrected chi connectivity index (χ3v) is 5.80. The molecule has 1 unspecified atom stereocenters. The second-order valence-corrected chi connectivity index (χ2v) is 8.63. The van der Waals surface area contributed by atoms with Crippen molar-refractivity contribution in [2.24, 2.45) is 0 Å². The molecular formula is C18H21N5O3S. The number of sulfone groups is 1. The summed E-state index contributed by atoms with van der Waals surface area (Å²) < 4.78 is 28.9. The zero-order valence-electron chi connectivity index (χ0n) is 14.9. The summed E-state index contributed by atoms with van der Waals surface area (Å²) in [6.45, 7) is 2.80. The molecule has 3 heterocycles. The Labute approximate surface area is 157 Å². The molecule has 4 rings (SSSR count). The first-order valence-corrected chi connectivity index (χ1v) is 10.5. The number of hydrogen-bond donors (Lipinski definition) is 2. The summed E-state index contributed by atoms with van der Waals surface area (Å²) in [4.78, 5) is 17.7. The number of ether oxygens (including phenoxy) is 1. The normalized spacial score (nSPS) is 18.6. The van der Waals surface area contributed by atoms with Crippen LogP contribution in [0.1, 0.15) is 17.6 Å². The Hall–Kier alpha value is -2.49. The molecule has 27 heavy (non-hydrogen) atoms. The number of nitrogens with zero attached hydrogens (tertiary/aromatic N) is 3. The van der Waals surface area contributed by atoms with Crippen molar-refractivity contribution >= 4 is 9.84 Å². The number of morpholine rings is 1. The molecular weight excluding hydrogens is 366 g/mol. The van der Waals surface area contributed by atoms with Crippen LogP contribution in [0.3, 0.4) is 0 Å². The van der Waals surface area contributed by atoms with Gasteiger partial charge in [-0.2, -0.15) is 0 Å². The highest BCUT2D eigenvalue weighted by molar-refractivity contribution is 7.90. The number of imidazole rings is 2. The molecule has 1 saturated heterocycles. The molecule has 3 aromatic rings. The Morgan fingerprint density at radius 2 is 2.07 bits per heavy atom. The number of H-pyrrole nitrogens is 2. The molecule has 9 heteroatoms. The fraction of sp³-hybridized carbons (Fsp3) is 0.333. The second kappa shape index (κ2) is 7.26. The molecule has 1 fully saturated rings. The first-order valence-electron chi connectivity index (χ1n) is 8.65. The van der Waals surface area contributed by atoms with Crippen LogP contribution in [0.2, 0.25) is 0 Å². The van der Waals surface area contributed by atoms with Crippen LogP contribution in [0.4, 0.5) is 0 Å². The van der Waals surface area contributed by atoms with Gasteiger partial charge in [0.1, 0.15) is 5.82 Å². The Morgan fingerprint density at radius 3 is 2.78 bits per heavy atom. The Kier molecular flexibility index (Phi) is 4.81. The molecule has 1 atom stereocenters. The summed E-state index contributed by atoms with van der Waals surface area (Å²) in [6, 6.07) is 6.81. The van der Waals surface area contributed by atoms with E-state index in [-0.39, 0.29) is 6.04 Å². The van der Waals surface area contributed by atoms with Gasteiger partial charge in [-0.15, -0.1) is 0 Å². The Balaban J connectivity index is 1.55. The first-order chi connectivity index (χ1) is 13.0. The number of nitrogens with one attached hydrogen (secondary N) is 2. The maximum atomic E-state index is 11.6. The van der Waals surface area contributed by atoms with E-state index in [0.717, 1.165) is 35.9 Å². The number of hydrogen-bond acceptors (Lipinski definition) is 6. The lowest BCUT2D eigenvalue weighted by Gasteiger charge is -2.33. The smallest absolute Gasteiger partial charge is 0.175 e. The largest absolute Gasteiger partial charge is 0.378 e. The van der Waals surface area contributed by atoms with Crippen molar-refractivity contribution in [2.75, 3.05) is 26.0 Å². The predicted octanol–water partition coefficient (Wildman–Crippen LogP) is 1.78. The van der Waals surface area contributed by atoms with Crippen LogP contribution in [0.25, 0.3) is 11.3 Å². The van der Waals surface area contributed by atoms with Gasteiger partial charge < -0.3 is 14.7 Å². The van der Waals surface area contributed by atoms with Crippen LogP contribution in [0.15, 0.2) is 47.9 Å². The highest BCUT2D eigenvalue weighted by atomic mass is 32.2. The lowest BCUT2D eigenvalue weighted by Crippen LogP contribution is -2.39. The van der Waals surface area contributed by atoms with Crippen molar-refractivity contribution in [1.29, 1.82) is 0 Å². The van der Waals surface area contributed by atoms with Crippen LogP contribution in [0, 0.1) is 0 Å². The van der Waals surface area contributed by atoms with Crippen molar-refractivity contribution in [3.63, 3.8) is 0 Å². The average molecular weight is 387 g/mol. The molecule has 0 saturated carbocycles. The minimum atomic E-state index is -3.20. The van der Waals surface area contributed by atoms with E-state index in [1.165, 1.54) is 6.26 Å². The van der Waals surface area contributed by atoms with Gasteiger partial charge in [-0.25, -0.2) is 18.4 Å². The van der Waals surface area contributed by atoms with E-state index < -0.39 is 9.84 Å². The summed E-state index contributed by atoms with van der Waals surface area (Å²) >= 11 is 0. The maximum Gasteiger partial charge on any atom is 0.175 e.